The van der Waals surface area contributed by atoms with Gasteiger partial charge in [0.15, 0.2) is 0 Å². The van der Waals surface area contributed by atoms with Crippen molar-refractivity contribution in [3.05, 3.63) is 35.4 Å². The van der Waals surface area contributed by atoms with E-state index in [9.17, 15) is 9.90 Å². The first-order valence-electron chi connectivity index (χ1n) is 6.77. The van der Waals surface area contributed by atoms with Crippen molar-refractivity contribution in [1.29, 1.82) is 0 Å². The predicted molar refractivity (Wildman–Crippen MR) is 72.9 cm³/mol. The van der Waals surface area contributed by atoms with Crippen molar-refractivity contribution in [3.63, 3.8) is 0 Å². The van der Waals surface area contributed by atoms with Crippen molar-refractivity contribution in [2.45, 2.75) is 44.4 Å². The van der Waals surface area contributed by atoms with Crippen molar-refractivity contribution >= 4 is 5.97 Å². The summed E-state index contributed by atoms with van der Waals surface area (Å²) in [6.07, 6.45) is 3.80. The summed E-state index contributed by atoms with van der Waals surface area (Å²) in [6.45, 7) is 0.763. The summed E-state index contributed by atoms with van der Waals surface area (Å²) in [4.78, 5) is 11.3. The van der Waals surface area contributed by atoms with E-state index in [1.807, 2.05) is 12.1 Å². The molecule has 104 valence electrons. The Morgan fingerprint density at radius 1 is 1.37 bits per heavy atom. The van der Waals surface area contributed by atoms with Gasteiger partial charge in [-0.25, -0.2) is 4.79 Å². The van der Waals surface area contributed by atoms with Crippen LogP contribution in [0.25, 0.3) is 0 Å². The number of hydrogen-bond acceptors (Lipinski definition) is 4. The molecule has 0 spiro atoms. The molecule has 1 aliphatic carbocycles. The fourth-order valence-corrected chi connectivity index (χ4v) is 2.49. The van der Waals surface area contributed by atoms with E-state index >= 15 is 0 Å². The van der Waals surface area contributed by atoms with Gasteiger partial charge in [-0.15, -0.1) is 0 Å². The molecule has 0 aromatic heterocycles. The van der Waals surface area contributed by atoms with Crippen LogP contribution in [-0.4, -0.2) is 30.3 Å². The summed E-state index contributed by atoms with van der Waals surface area (Å²) >= 11 is 0. The van der Waals surface area contributed by atoms with E-state index < -0.39 is 0 Å². The molecule has 2 atom stereocenters. The molecule has 0 radical (unpaired) electrons. The highest BCUT2D eigenvalue weighted by Crippen LogP contribution is 2.18. The molecule has 19 heavy (non-hydrogen) atoms. The van der Waals surface area contributed by atoms with Gasteiger partial charge in [0.2, 0.25) is 0 Å². The molecule has 1 aromatic carbocycles. The molecule has 2 N–H and O–H groups in total. The number of esters is 1. The second-order valence-electron chi connectivity index (χ2n) is 5.09. The van der Waals surface area contributed by atoms with Crippen LogP contribution in [0.3, 0.4) is 0 Å². The van der Waals surface area contributed by atoms with Crippen molar-refractivity contribution in [1.82, 2.24) is 5.32 Å². The average Bonchev–Trinajstić information content (AvgIpc) is 2.45. The maximum atomic E-state index is 11.3. The molecule has 4 nitrogen and oxygen atoms in total. The zero-order chi connectivity index (χ0) is 13.7. The van der Waals surface area contributed by atoms with E-state index in [2.05, 4.69) is 10.1 Å². The van der Waals surface area contributed by atoms with Crippen molar-refractivity contribution in [2.75, 3.05) is 7.11 Å². The van der Waals surface area contributed by atoms with Gasteiger partial charge in [-0.05, 0) is 43.4 Å². The summed E-state index contributed by atoms with van der Waals surface area (Å²) in [5.74, 6) is -0.310. The lowest BCUT2D eigenvalue weighted by Crippen LogP contribution is -2.35. The standard InChI is InChI=1S/C15H21NO3/c1-19-15(18)12-7-5-11(6-8-12)10-16-13-3-2-4-14(17)9-13/h5-8,13-14,16-17H,2-4,9-10H2,1H3. The van der Waals surface area contributed by atoms with Crippen molar-refractivity contribution in [3.8, 4) is 0 Å². The zero-order valence-electron chi connectivity index (χ0n) is 11.3. The first-order valence-corrected chi connectivity index (χ1v) is 6.77. The number of aliphatic hydroxyl groups excluding tert-OH is 1. The van der Waals surface area contributed by atoms with Crippen LogP contribution in [0.2, 0.25) is 0 Å². The van der Waals surface area contributed by atoms with E-state index in [1.54, 1.807) is 12.1 Å². The van der Waals surface area contributed by atoms with E-state index in [0.29, 0.717) is 11.6 Å². The van der Waals surface area contributed by atoms with Crippen LogP contribution in [0.4, 0.5) is 0 Å². The van der Waals surface area contributed by atoms with Crippen LogP contribution in [0.1, 0.15) is 41.6 Å². The molecule has 1 saturated carbocycles. The monoisotopic (exact) mass is 263 g/mol. The minimum Gasteiger partial charge on any atom is -0.465 e. The van der Waals surface area contributed by atoms with Gasteiger partial charge in [0.25, 0.3) is 0 Å². The van der Waals surface area contributed by atoms with Crippen LogP contribution in [0.5, 0.6) is 0 Å². The Morgan fingerprint density at radius 3 is 2.74 bits per heavy atom. The van der Waals surface area contributed by atoms with E-state index in [1.165, 1.54) is 7.11 Å². The Kier molecular flexibility index (Phi) is 4.93. The second kappa shape index (κ2) is 6.68. The zero-order valence-corrected chi connectivity index (χ0v) is 11.3. The van der Waals surface area contributed by atoms with Crippen molar-refractivity contribution < 1.29 is 14.6 Å². The molecule has 0 saturated heterocycles. The van der Waals surface area contributed by atoms with Crippen LogP contribution >= 0.6 is 0 Å². The third-order valence-electron chi connectivity index (χ3n) is 3.62. The van der Waals surface area contributed by atoms with Crippen LogP contribution in [-0.2, 0) is 11.3 Å². The van der Waals surface area contributed by atoms with Gasteiger partial charge in [0, 0.05) is 12.6 Å². The van der Waals surface area contributed by atoms with E-state index in [4.69, 9.17) is 0 Å². The number of carbonyl (C=O) groups is 1. The van der Waals surface area contributed by atoms with E-state index in [0.717, 1.165) is 37.8 Å². The fourth-order valence-electron chi connectivity index (χ4n) is 2.49. The third-order valence-corrected chi connectivity index (χ3v) is 3.62. The van der Waals surface area contributed by atoms with Gasteiger partial charge in [-0.2, -0.15) is 0 Å². The summed E-state index contributed by atoms with van der Waals surface area (Å²) in [6, 6.07) is 7.80. The normalized spacial score (nSPS) is 23.1. The minimum absolute atomic E-state index is 0.159. The number of carbonyl (C=O) groups excluding carboxylic acids is 1. The molecular weight excluding hydrogens is 242 g/mol. The molecule has 2 rings (SSSR count). The van der Waals surface area contributed by atoms with Gasteiger partial charge in [0.05, 0.1) is 18.8 Å². The summed E-state index contributed by atoms with van der Waals surface area (Å²) < 4.78 is 4.66. The highest BCUT2D eigenvalue weighted by molar-refractivity contribution is 5.89. The summed E-state index contributed by atoms with van der Waals surface area (Å²) in [5.41, 5.74) is 1.70. The number of methoxy groups -OCH3 is 1. The quantitative estimate of drug-likeness (QED) is 0.814. The minimum atomic E-state index is -0.310. The van der Waals surface area contributed by atoms with Gasteiger partial charge >= 0.3 is 5.97 Å². The van der Waals surface area contributed by atoms with Crippen molar-refractivity contribution in [2.24, 2.45) is 0 Å². The number of rotatable bonds is 4. The lowest BCUT2D eigenvalue weighted by atomic mass is 9.93. The highest BCUT2D eigenvalue weighted by Gasteiger charge is 2.19. The lowest BCUT2D eigenvalue weighted by Gasteiger charge is -2.26. The van der Waals surface area contributed by atoms with Gasteiger partial charge in [-0.3, -0.25) is 0 Å². The summed E-state index contributed by atoms with van der Waals surface area (Å²) in [7, 11) is 1.38. The number of nitrogens with one attached hydrogen (secondary N) is 1. The first kappa shape index (κ1) is 14.0. The maximum absolute atomic E-state index is 11.3. The number of aliphatic hydroxyl groups is 1. The van der Waals surface area contributed by atoms with Gasteiger partial charge < -0.3 is 15.2 Å². The Hall–Kier alpha value is -1.39. The average molecular weight is 263 g/mol. The molecular formula is C15H21NO3. The highest BCUT2D eigenvalue weighted by atomic mass is 16.5. The SMILES string of the molecule is COC(=O)c1ccc(CNC2CCCC(O)C2)cc1. The van der Waals surface area contributed by atoms with Crippen LogP contribution < -0.4 is 5.32 Å². The molecule has 0 aliphatic heterocycles. The molecule has 1 aromatic rings. The van der Waals surface area contributed by atoms with Gasteiger partial charge in [0.1, 0.15) is 0 Å². The van der Waals surface area contributed by atoms with E-state index in [-0.39, 0.29) is 12.1 Å². The Bertz CT molecular complexity index is 416. The predicted octanol–water partition coefficient (Wildman–Crippen LogP) is 1.87. The van der Waals surface area contributed by atoms with Crippen LogP contribution in [0, 0.1) is 0 Å². The molecule has 0 bridgehead atoms. The Morgan fingerprint density at radius 2 is 2.11 bits per heavy atom. The number of benzene rings is 1. The third kappa shape index (κ3) is 4.04. The molecule has 4 heteroatoms. The Labute approximate surface area is 113 Å². The molecule has 1 fully saturated rings. The maximum Gasteiger partial charge on any atom is 0.337 e. The second-order valence-corrected chi connectivity index (χ2v) is 5.09. The molecule has 2 unspecified atom stereocenters. The largest absolute Gasteiger partial charge is 0.465 e. The molecule has 0 heterocycles. The summed E-state index contributed by atoms with van der Waals surface area (Å²) in [5, 5.41) is 13.1. The smallest absolute Gasteiger partial charge is 0.337 e. The van der Waals surface area contributed by atoms with Crippen LogP contribution in [0.15, 0.2) is 24.3 Å². The lowest BCUT2D eigenvalue weighted by molar-refractivity contribution is 0.0600. The molecule has 0 amide bonds. The molecule has 1 aliphatic rings. The fraction of sp³-hybridized carbons (Fsp3) is 0.533. The van der Waals surface area contributed by atoms with Gasteiger partial charge in [-0.1, -0.05) is 12.1 Å². The Balaban J connectivity index is 1.84. The topological polar surface area (TPSA) is 58.6 Å². The number of ether oxygens (including phenoxy) is 1. The first-order chi connectivity index (χ1) is 9.19. The number of hydrogen-bond donors (Lipinski definition) is 2.